The van der Waals surface area contributed by atoms with Crippen LogP contribution in [0.4, 0.5) is 22.7 Å². The number of hydrogen-bond donors (Lipinski definition) is 1. The van der Waals surface area contributed by atoms with E-state index in [1.807, 2.05) is 70.5 Å². The third-order valence-electron chi connectivity index (χ3n) is 5.41. The summed E-state index contributed by atoms with van der Waals surface area (Å²) in [4.78, 5) is 41.6. The number of esters is 1. The Balaban J connectivity index is 1.78. The summed E-state index contributed by atoms with van der Waals surface area (Å²) in [6.07, 6.45) is -0.833. The van der Waals surface area contributed by atoms with Crippen LogP contribution in [0.1, 0.15) is 27.6 Å². The van der Waals surface area contributed by atoms with Crippen molar-refractivity contribution in [1.82, 2.24) is 5.32 Å². The standard InChI is InChI=1S/C24H19N3O4/c1-2-31-24(30)23-26(15-9-5-3-6-10-15)19-13-17-18(22(29)25-21(17)28)14-20(19)27(23)16-11-7-4-8-12-16/h3-14,23H,2H2,1H3,(H,25,28,29). The van der Waals surface area contributed by atoms with Crippen LogP contribution in [0.25, 0.3) is 0 Å². The Morgan fingerprint density at radius 2 is 1.29 bits per heavy atom. The molecule has 0 unspecified atom stereocenters. The highest BCUT2D eigenvalue weighted by molar-refractivity contribution is 6.23. The highest BCUT2D eigenvalue weighted by Gasteiger charge is 2.45. The van der Waals surface area contributed by atoms with Gasteiger partial charge in [-0.1, -0.05) is 36.4 Å². The zero-order valence-electron chi connectivity index (χ0n) is 16.7. The molecule has 2 amide bonds. The van der Waals surface area contributed by atoms with Gasteiger partial charge in [-0.15, -0.1) is 0 Å². The first-order chi connectivity index (χ1) is 15.1. The fourth-order valence-electron chi connectivity index (χ4n) is 4.12. The van der Waals surface area contributed by atoms with Gasteiger partial charge >= 0.3 is 5.97 Å². The van der Waals surface area contributed by atoms with Crippen molar-refractivity contribution in [1.29, 1.82) is 0 Å². The number of benzene rings is 3. The monoisotopic (exact) mass is 413 g/mol. The number of amides is 2. The fraction of sp³-hybridized carbons (Fsp3) is 0.125. The van der Waals surface area contributed by atoms with Gasteiger partial charge in [0.2, 0.25) is 6.17 Å². The zero-order valence-corrected chi connectivity index (χ0v) is 16.7. The molecule has 7 heteroatoms. The molecule has 5 rings (SSSR count). The summed E-state index contributed by atoms with van der Waals surface area (Å²) in [5.74, 6) is -1.31. The molecule has 0 aliphatic carbocycles. The van der Waals surface area contributed by atoms with E-state index in [0.717, 1.165) is 11.4 Å². The van der Waals surface area contributed by atoms with Gasteiger partial charge in [-0.05, 0) is 43.3 Å². The van der Waals surface area contributed by atoms with Gasteiger partial charge in [0.05, 0.1) is 29.1 Å². The van der Waals surface area contributed by atoms with Crippen LogP contribution in [0.3, 0.4) is 0 Å². The molecule has 0 bridgehead atoms. The Morgan fingerprint density at radius 1 is 0.839 bits per heavy atom. The van der Waals surface area contributed by atoms with Crippen LogP contribution in [0.2, 0.25) is 0 Å². The second-order valence-electron chi connectivity index (χ2n) is 7.21. The van der Waals surface area contributed by atoms with Crippen molar-refractivity contribution in [3.8, 4) is 0 Å². The van der Waals surface area contributed by atoms with E-state index < -0.39 is 23.9 Å². The third-order valence-corrected chi connectivity index (χ3v) is 5.41. The van der Waals surface area contributed by atoms with Crippen LogP contribution in [-0.2, 0) is 9.53 Å². The number of carbonyl (C=O) groups excluding carboxylic acids is 3. The van der Waals surface area contributed by atoms with Crippen molar-refractivity contribution >= 4 is 40.5 Å². The molecule has 1 N–H and O–H groups in total. The summed E-state index contributed by atoms with van der Waals surface area (Å²) in [7, 11) is 0. The molecule has 0 atom stereocenters. The van der Waals surface area contributed by atoms with E-state index in [0.29, 0.717) is 22.5 Å². The van der Waals surface area contributed by atoms with E-state index in [9.17, 15) is 14.4 Å². The maximum absolute atomic E-state index is 13.2. The van der Waals surface area contributed by atoms with Gasteiger partial charge in [0.15, 0.2) is 0 Å². The number of nitrogens with zero attached hydrogens (tertiary/aromatic N) is 2. The summed E-state index contributed by atoms with van der Waals surface area (Å²) in [6.45, 7) is 1.99. The Hall–Kier alpha value is -4.13. The van der Waals surface area contributed by atoms with Gasteiger partial charge in [0.25, 0.3) is 11.8 Å². The minimum absolute atomic E-state index is 0.230. The van der Waals surface area contributed by atoms with Crippen LogP contribution >= 0.6 is 0 Å². The molecule has 31 heavy (non-hydrogen) atoms. The van der Waals surface area contributed by atoms with Crippen LogP contribution in [-0.4, -0.2) is 30.6 Å². The molecule has 0 aromatic heterocycles. The Kier molecular flexibility index (Phi) is 4.43. The lowest BCUT2D eigenvalue weighted by molar-refractivity contribution is -0.144. The number of rotatable bonds is 4. The number of para-hydroxylation sites is 2. The van der Waals surface area contributed by atoms with Crippen LogP contribution in [0, 0.1) is 0 Å². The van der Waals surface area contributed by atoms with Gasteiger partial charge in [-0.25, -0.2) is 4.79 Å². The molecule has 0 saturated heterocycles. The van der Waals surface area contributed by atoms with Crippen molar-refractivity contribution in [2.75, 3.05) is 16.4 Å². The first kappa shape index (κ1) is 18.9. The Morgan fingerprint density at radius 3 is 1.71 bits per heavy atom. The van der Waals surface area contributed by atoms with E-state index in [1.165, 1.54) is 0 Å². The van der Waals surface area contributed by atoms with Crippen LogP contribution < -0.4 is 15.1 Å². The molecule has 0 spiro atoms. The summed E-state index contributed by atoms with van der Waals surface area (Å²) in [5.41, 5.74) is 3.42. The second-order valence-corrected chi connectivity index (χ2v) is 7.21. The summed E-state index contributed by atoms with van der Waals surface area (Å²) in [5, 5.41) is 2.34. The number of anilines is 4. The predicted molar refractivity (Wildman–Crippen MR) is 116 cm³/mol. The maximum atomic E-state index is 13.2. The minimum atomic E-state index is -0.833. The molecule has 0 fully saturated rings. The quantitative estimate of drug-likeness (QED) is 0.518. The largest absolute Gasteiger partial charge is 0.463 e. The number of fused-ring (bicyclic) bond motifs is 2. The van der Waals surface area contributed by atoms with Gasteiger partial charge < -0.3 is 14.5 Å². The van der Waals surface area contributed by atoms with Gasteiger partial charge in [-0.2, -0.15) is 0 Å². The summed E-state index contributed by atoms with van der Waals surface area (Å²) in [6, 6.07) is 22.2. The molecule has 3 aromatic carbocycles. The topological polar surface area (TPSA) is 79.0 Å². The van der Waals surface area contributed by atoms with Crippen LogP contribution in [0.5, 0.6) is 0 Å². The molecule has 0 saturated carbocycles. The van der Waals surface area contributed by atoms with E-state index in [4.69, 9.17) is 4.74 Å². The minimum Gasteiger partial charge on any atom is -0.463 e. The second kappa shape index (κ2) is 7.28. The molecule has 2 aliphatic heterocycles. The predicted octanol–water partition coefficient (Wildman–Crippen LogP) is 3.75. The third kappa shape index (κ3) is 2.93. The summed E-state index contributed by atoms with van der Waals surface area (Å²) < 4.78 is 5.44. The van der Waals surface area contributed by atoms with E-state index in [-0.39, 0.29) is 6.61 Å². The average molecular weight is 413 g/mol. The normalized spacial score (nSPS) is 15.0. The number of hydrogen-bond acceptors (Lipinski definition) is 6. The van der Waals surface area contributed by atoms with Crippen molar-refractivity contribution in [3.05, 3.63) is 83.9 Å². The molecule has 3 aromatic rings. The van der Waals surface area contributed by atoms with Crippen molar-refractivity contribution < 1.29 is 19.1 Å². The number of nitrogens with one attached hydrogen (secondary N) is 1. The van der Waals surface area contributed by atoms with E-state index in [1.54, 1.807) is 19.1 Å². The highest BCUT2D eigenvalue weighted by Crippen LogP contribution is 2.49. The van der Waals surface area contributed by atoms with Gasteiger partial charge in [0.1, 0.15) is 0 Å². The molecule has 0 radical (unpaired) electrons. The maximum Gasteiger partial charge on any atom is 0.350 e. The number of carbonyl (C=O) groups is 3. The number of ether oxygens (including phenoxy) is 1. The molecule has 2 heterocycles. The molecule has 2 aliphatic rings. The molecule has 7 nitrogen and oxygen atoms in total. The van der Waals surface area contributed by atoms with Crippen LogP contribution in [0.15, 0.2) is 72.8 Å². The van der Waals surface area contributed by atoms with Crippen molar-refractivity contribution in [3.63, 3.8) is 0 Å². The average Bonchev–Trinajstić information content (AvgIpc) is 3.27. The van der Waals surface area contributed by atoms with E-state index >= 15 is 0 Å². The Bertz CT molecular complexity index is 1110. The fourth-order valence-corrected chi connectivity index (χ4v) is 4.12. The lowest BCUT2D eigenvalue weighted by Crippen LogP contribution is -2.45. The smallest absolute Gasteiger partial charge is 0.350 e. The van der Waals surface area contributed by atoms with E-state index in [2.05, 4.69) is 5.32 Å². The Labute approximate surface area is 178 Å². The summed E-state index contributed by atoms with van der Waals surface area (Å²) >= 11 is 0. The molecule has 154 valence electrons. The first-order valence-electron chi connectivity index (χ1n) is 9.99. The van der Waals surface area contributed by atoms with Gasteiger partial charge in [-0.3, -0.25) is 14.9 Å². The SMILES string of the molecule is CCOC(=O)C1N(c2ccccc2)c2cc3c(cc2N1c1ccccc1)C(=O)NC3=O. The lowest BCUT2D eigenvalue weighted by atomic mass is 10.1. The highest BCUT2D eigenvalue weighted by atomic mass is 16.5. The van der Waals surface area contributed by atoms with Gasteiger partial charge in [0, 0.05) is 11.4 Å². The zero-order chi connectivity index (χ0) is 21.5. The van der Waals surface area contributed by atoms with Crippen molar-refractivity contribution in [2.45, 2.75) is 13.1 Å². The lowest BCUT2D eigenvalue weighted by Gasteiger charge is -2.31. The molecular formula is C24H19N3O4. The van der Waals surface area contributed by atoms with Crippen molar-refractivity contribution in [2.24, 2.45) is 0 Å². The first-order valence-corrected chi connectivity index (χ1v) is 9.99. The molecular weight excluding hydrogens is 394 g/mol. The number of imide groups is 1.